The van der Waals surface area contributed by atoms with Crippen LogP contribution in [0.4, 0.5) is 0 Å². The number of unbranched alkanes of at least 4 members (excludes halogenated alkanes) is 1. The second kappa shape index (κ2) is 9.74. The zero-order valence-electron chi connectivity index (χ0n) is 12.6. The molecule has 0 saturated heterocycles. The Bertz CT molecular complexity index is 466. The van der Waals surface area contributed by atoms with Gasteiger partial charge >= 0.3 is 11.9 Å². The molecule has 0 atom stereocenters. The summed E-state index contributed by atoms with van der Waals surface area (Å²) in [5.74, 6) is -0.955. The molecule has 0 aliphatic carbocycles. The number of aryl methyl sites for hydroxylation is 1. The van der Waals surface area contributed by atoms with Gasteiger partial charge in [-0.3, -0.25) is 0 Å². The smallest absolute Gasteiger partial charge is 0.334 e. The number of rotatable bonds is 9. The fourth-order valence-electron chi connectivity index (χ4n) is 1.81. The zero-order valence-corrected chi connectivity index (χ0v) is 12.6. The summed E-state index contributed by atoms with van der Waals surface area (Å²) in [5, 5.41) is 0. The predicted octanol–water partition coefficient (Wildman–Crippen LogP) is 2.11. The lowest BCUT2D eigenvalue weighted by atomic mass is 10.1. The number of nitrogens with zero attached hydrogens (tertiary/aromatic N) is 2. The van der Waals surface area contributed by atoms with Gasteiger partial charge in [-0.15, -0.1) is 0 Å². The lowest BCUT2D eigenvalue weighted by molar-refractivity contribution is -0.141. The van der Waals surface area contributed by atoms with Crippen LogP contribution in [-0.4, -0.2) is 34.7 Å². The molecule has 0 aromatic carbocycles. The van der Waals surface area contributed by atoms with Gasteiger partial charge in [0.15, 0.2) is 0 Å². The van der Waals surface area contributed by atoms with E-state index in [1.165, 1.54) is 6.08 Å². The van der Waals surface area contributed by atoms with E-state index in [-0.39, 0.29) is 13.2 Å². The second-order valence-corrected chi connectivity index (χ2v) is 4.40. The second-order valence-electron chi connectivity index (χ2n) is 4.40. The van der Waals surface area contributed by atoms with Gasteiger partial charge in [0, 0.05) is 30.6 Å². The van der Waals surface area contributed by atoms with E-state index in [9.17, 15) is 9.59 Å². The maximum atomic E-state index is 11.8. The molecular formula is C15H22N2O4. The Labute approximate surface area is 124 Å². The van der Waals surface area contributed by atoms with Gasteiger partial charge in [0.25, 0.3) is 0 Å². The average molecular weight is 294 g/mol. The van der Waals surface area contributed by atoms with Crippen molar-refractivity contribution >= 4 is 11.9 Å². The largest absolute Gasteiger partial charge is 0.463 e. The van der Waals surface area contributed by atoms with Crippen LogP contribution in [-0.2, 0) is 25.6 Å². The lowest BCUT2D eigenvalue weighted by Gasteiger charge is -2.07. The van der Waals surface area contributed by atoms with Crippen LogP contribution >= 0.6 is 0 Å². The Hall–Kier alpha value is -2.11. The number of imidazole rings is 1. The number of aromatic nitrogens is 2. The summed E-state index contributed by atoms with van der Waals surface area (Å²) in [6, 6.07) is 0. The fraction of sp³-hybridized carbons (Fsp3) is 0.533. The van der Waals surface area contributed by atoms with Crippen molar-refractivity contribution in [1.82, 2.24) is 9.55 Å². The molecule has 21 heavy (non-hydrogen) atoms. The molecule has 0 radical (unpaired) electrons. The van der Waals surface area contributed by atoms with E-state index in [1.807, 2.05) is 10.8 Å². The molecule has 0 unspecified atom stereocenters. The van der Waals surface area contributed by atoms with Gasteiger partial charge in [-0.1, -0.05) is 0 Å². The van der Waals surface area contributed by atoms with Crippen LogP contribution in [0.3, 0.4) is 0 Å². The third kappa shape index (κ3) is 6.74. The normalized spacial score (nSPS) is 11.2. The minimum Gasteiger partial charge on any atom is -0.463 e. The molecule has 1 aromatic rings. The van der Waals surface area contributed by atoms with Crippen molar-refractivity contribution in [2.45, 2.75) is 39.7 Å². The van der Waals surface area contributed by atoms with Crippen molar-refractivity contribution in [3.8, 4) is 0 Å². The Morgan fingerprint density at radius 1 is 1.19 bits per heavy atom. The molecule has 1 aromatic heterocycles. The molecule has 0 amide bonds. The van der Waals surface area contributed by atoms with Crippen LogP contribution in [0.1, 0.15) is 33.1 Å². The quantitative estimate of drug-likeness (QED) is 0.396. The number of hydrogen-bond acceptors (Lipinski definition) is 5. The Morgan fingerprint density at radius 2 is 1.95 bits per heavy atom. The molecule has 0 spiro atoms. The first-order valence-electron chi connectivity index (χ1n) is 7.17. The molecule has 6 heteroatoms. The molecule has 0 N–H and O–H groups in total. The molecule has 1 rings (SSSR count). The summed E-state index contributed by atoms with van der Waals surface area (Å²) in [7, 11) is 0. The van der Waals surface area contributed by atoms with Crippen molar-refractivity contribution in [1.29, 1.82) is 0 Å². The maximum absolute atomic E-state index is 11.8. The fourth-order valence-corrected chi connectivity index (χ4v) is 1.81. The van der Waals surface area contributed by atoms with Crippen LogP contribution in [0.5, 0.6) is 0 Å². The Balaban J connectivity index is 2.48. The van der Waals surface area contributed by atoms with Gasteiger partial charge in [-0.05, 0) is 33.1 Å². The zero-order chi connectivity index (χ0) is 15.5. The van der Waals surface area contributed by atoms with Crippen LogP contribution < -0.4 is 0 Å². The van der Waals surface area contributed by atoms with Gasteiger partial charge in [0.1, 0.15) is 0 Å². The van der Waals surface area contributed by atoms with Crippen molar-refractivity contribution in [2.75, 3.05) is 13.2 Å². The van der Waals surface area contributed by atoms with Gasteiger partial charge in [0.05, 0.1) is 19.5 Å². The summed E-state index contributed by atoms with van der Waals surface area (Å²) in [5.41, 5.74) is 0.362. The van der Waals surface area contributed by atoms with Crippen molar-refractivity contribution < 1.29 is 19.1 Å². The SMILES string of the molecule is CCOC(=O)/C=C(\CCCCn1ccnc1)C(=O)OCC. The molecular weight excluding hydrogens is 272 g/mol. The van der Waals surface area contributed by atoms with E-state index in [0.717, 1.165) is 19.4 Å². The summed E-state index contributed by atoms with van der Waals surface area (Å²) >= 11 is 0. The summed E-state index contributed by atoms with van der Waals surface area (Å²) in [4.78, 5) is 27.2. The van der Waals surface area contributed by atoms with Crippen LogP contribution in [0.2, 0.25) is 0 Å². The predicted molar refractivity (Wildman–Crippen MR) is 77.4 cm³/mol. The highest BCUT2D eigenvalue weighted by Crippen LogP contribution is 2.11. The molecule has 6 nitrogen and oxygen atoms in total. The van der Waals surface area contributed by atoms with Crippen LogP contribution in [0.15, 0.2) is 30.4 Å². The standard InChI is InChI=1S/C15H22N2O4/c1-3-20-14(18)11-13(15(19)21-4-2)7-5-6-9-17-10-8-16-12-17/h8,10-12H,3-7,9H2,1-2H3/b13-11+. The number of carbonyl (C=O) groups is 2. The minimum absolute atomic E-state index is 0.284. The van der Waals surface area contributed by atoms with Gasteiger partial charge in [0.2, 0.25) is 0 Å². The van der Waals surface area contributed by atoms with E-state index in [4.69, 9.17) is 9.47 Å². The average Bonchev–Trinajstić information content (AvgIpc) is 2.96. The van der Waals surface area contributed by atoms with E-state index in [1.54, 1.807) is 26.4 Å². The topological polar surface area (TPSA) is 70.4 Å². The van der Waals surface area contributed by atoms with Gasteiger partial charge in [-0.2, -0.15) is 0 Å². The molecule has 0 aliphatic rings. The van der Waals surface area contributed by atoms with E-state index in [2.05, 4.69) is 4.98 Å². The Morgan fingerprint density at radius 3 is 2.57 bits per heavy atom. The van der Waals surface area contributed by atoms with Crippen LogP contribution in [0.25, 0.3) is 0 Å². The first kappa shape index (κ1) is 16.9. The Kier molecular flexibility index (Phi) is 7.86. The molecule has 0 saturated carbocycles. The minimum atomic E-state index is -0.504. The third-order valence-corrected chi connectivity index (χ3v) is 2.79. The lowest BCUT2D eigenvalue weighted by Crippen LogP contribution is -2.11. The number of ether oxygens (including phenoxy) is 2. The highest BCUT2D eigenvalue weighted by molar-refractivity contribution is 5.96. The van der Waals surface area contributed by atoms with E-state index >= 15 is 0 Å². The molecule has 0 aliphatic heterocycles. The van der Waals surface area contributed by atoms with E-state index < -0.39 is 11.9 Å². The van der Waals surface area contributed by atoms with Crippen molar-refractivity contribution in [3.63, 3.8) is 0 Å². The monoisotopic (exact) mass is 294 g/mol. The first-order valence-corrected chi connectivity index (χ1v) is 7.17. The molecule has 116 valence electrons. The van der Waals surface area contributed by atoms with Crippen molar-refractivity contribution in [3.05, 3.63) is 30.4 Å². The number of esters is 2. The summed E-state index contributed by atoms with van der Waals surface area (Å²) in [6.07, 6.45) is 8.76. The van der Waals surface area contributed by atoms with Crippen LogP contribution in [0, 0.1) is 0 Å². The summed E-state index contributed by atoms with van der Waals surface area (Å²) < 4.78 is 11.8. The molecule has 0 bridgehead atoms. The number of hydrogen-bond donors (Lipinski definition) is 0. The van der Waals surface area contributed by atoms with E-state index in [0.29, 0.717) is 12.0 Å². The maximum Gasteiger partial charge on any atom is 0.334 e. The third-order valence-electron chi connectivity index (χ3n) is 2.79. The van der Waals surface area contributed by atoms with Gasteiger partial charge < -0.3 is 14.0 Å². The van der Waals surface area contributed by atoms with Gasteiger partial charge in [-0.25, -0.2) is 14.6 Å². The number of carbonyl (C=O) groups excluding carboxylic acids is 2. The highest BCUT2D eigenvalue weighted by atomic mass is 16.5. The molecule has 1 heterocycles. The highest BCUT2D eigenvalue weighted by Gasteiger charge is 2.13. The molecule has 0 fully saturated rings. The summed E-state index contributed by atoms with van der Waals surface area (Å²) in [6.45, 7) is 4.86. The van der Waals surface area contributed by atoms with Crippen molar-refractivity contribution in [2.24, 2.45) is 0 Å². The first-order chi connectivity index (χ1) is 10.2.